The quantitative estimate of drug-likeness (QED) is 0.471. The minimum atomic E-state index is -1.44. The Morgan fingerprint density at radius 2 is 1.81 bits per heavy atom. The van der Waals surface area contributed by atoms with E-state index < -0.39 is 35.8 Å². The lowest BCUT2D eigenvalue weighted by Crippen LogP contribution is -2.69. The normalized spacial score (nSPS) is 17.7. The molecule has 1 saturated heterocycles. The van der Waals surface area contributed by atoms with Crippen molar-refractivity contribution in [2.24, 2.45) is 0 Å². The number of hydrogen-bond acceptors (Lipinski definition) is 3. The van der Waals surface area contributed by atoms with Gasteiger partial charge in [0.05, 0.1) is 13.1 Å². The molecule has 5 nitrogen and oxygen atoms in total. The summed E-state index contributed by atoms with van der Waals surface area (Å²) in [5.74, 6) is 3.22. The number of nitrogens with one attached hydrogen (secondary N) is 1. The molecule has 1 aromatic carbocycles. The summed E-state index contributed by atoms with van der Waals surface area (Å²) in [5.41, 5.74) is 4.59. The second-order valence-corrected chi connectivity index (χ2v) is 15.5. The minimum absolute atomic E-state index is 0.282. The first-order valence-corrected chi connectivity index (χ1v) is 13.3. The molecule has 2 rings (SSSR count). The average Bonchev–Trinajstić information content (AvgIpc) is 2.46. The van der Waals surface area contributed by atoms with Crippen LogP contribution in [0.1, 0.15) is 31.9 Å². The van der Waals surface area contributed by atoms with E-state index in [2.05, 4.69) is 35.8 Å². The fourth-order valence-corrected chi connectivity index (χ4v) is 3.94. The van der Waals surface area contributed by atoms with Crippen molar-refractivity contribution < 1.29 is 14.5 Å². The number of carboxylic acid groups (broad SMARTS) is 1. The molecule has 0 aliphatic carbocycles. The third-order valence-corrected chi connectivity index (χ3v) is 6.62. The molecule has 1 fully saturated rings. The van der Waals surface area contributed by atoms with Crippen LogP contribution in [0.15, 0.2) is 24.3 Å². The minimum Gasteiger partial charge on any atom is -0.598 e. The van der Waals surface area contributed by atoms with Gasteiger partial charge in [-0.3, -0.25) is 0 Å². The number of rotatable bonds is 3. The van der Waals surface area contributed by atoms with E-state index in [1.165, 1.54) is 4.90 Å². The van der Waals surface area contributed by atoms with Crippen molar-refractivity contribution in [2.75, 3.05) is 13.1 Å². The number of hydrogen-bond donors (Lipinski definition) is 2. The molecule has 1 atom stereocenters. The molecule has 1 amide bonds. The van der Waals surface area contributed by atoms with Crippen molar-refractivity contribution in [2.45, 2.75) is 50.7 Å². The first-order valence-electron chi connectivity index (χ1n) is 8.64. The molecule has 7 heteroatoms. The Bertz CT molecular complexity index is 720. The molecular weight excluding hydrogens is 364 g/mol. The lowest BCUT2D eigenvalue weighted by atomic mass is 9.83. The number of nitrogens with zero attached hydrogens (tertiary/aromatic N) is 1. The third-order valence-electron chi connectivity index (χ3n) is 4.06. The van der Waals surface area contributed by atoms with Crippen LogP contribution in [-0.4, -0.2) is 46.6 Å². The van der Waals surface area contributed by atoms with Gasteiger partial charge in [-0.1, -0.05) is 37.7 Å². The smallest absolute Gasteiger partial charge is 0.407 e. The van der Waals surface area contributed by atoms with Gasteiger partial charge in [0.1, 0.15) is 18.4 Å². The molecule has 1 aromatic rings. The van der Waals surface area contributed by atoms with Gasteiger partial charge in [0.15, 0.2) is 0 Å². The monoisotopic (exact) mass is 392 g/mol. The van der Waals surface area contributed by atoms with Crippen LogP contribution in [0.5, 0.6) is 0 Å². The van der Waals surface area contributed by atoms with E-state index in [4.69, 9.17) is 0 Å². The molecule has 2 N–H and O–H groups in total. The molecule has 142 valence electrons. The van der Waals surface area contributed by atoms with Crippen molar-refractivity contribution in [3.05, 3.63) is 35.4 Å². The van der Waals surface area contributed by atoms with Crippen molar-refractivity contribution in [3.8, 4) is 11.5 Å². The molecule has 1 aliphatic rings. The number of amides is 1. The van der Waals surface area contributed by atoms with E-state index in [-0.39, 0.29) is 13.1 Å². The van der Waals surface area contributed by atoms with E-state index in [1.807, 2.05) is 45.0 Å². The largest absolute Gasteiger partial charge is 0.598 e. The van der Waals surface area contributed by atoms with Crippen molar-refractivity contribution in [1.82, 2.24) is 9.62 Å². The van der Waals surface area contributed by atoms with E-state index in [0.29, 0.717) is 0 Å². The summed E-state index contributed by atoms with van der Waals surface area (Å²) in [4.78, 5) is 12.5. The van der Waals surface area contributed by atoms with Gasteiger partial charge < -0.3 is 14.6 Å². The van der Waals surface area contributed by atoms with Crippen LogP contribution in [0.2, 0.25) is 19.6 Å². The average molecular weight is 393 g/mol. The molecule has 0 bridgehead atoms. The molecule has 1 unspecified atom stereocenters. The predicted molar refractivity (Wildman–Crippen MR) is 109 cm³/mol. The van der Waals surface area contributed by atoms with Crippen LogP contribution >= 0.6 is 0 Å². The van der Waals surface area contributed by atoms with Gasteiger partial charge in [0, 0.05) is 16.9 Å². The van der Waals surface area contributed by atoms with Crippen LogP contribution in [-0.2, 0) is 16.9 Å². The zero-order valence-corrected chi connectivity index (χ0v) is 18.2. The first-order chi connectivity index (χ1) is 11.8. The van der Waals surface area contributed by atoms with Crippen LogP contribution in [0.25, 0.3) is 0 Å². The van der Waals surface area contributed by atoms with E-state index >= 15 is 0 Å². The number of carbonyl (C=O) groups is 1. The molecular formula is C19H28N2O3SSi. The maximum atomic E-state index is 12.6. The summed E-state index contributed by atoms with van der Waals surface area (Å²) in [7, 11) is -1.44. The third kappa shape index (κ3) is 5.04. The number of likely N-dealkylation sites (tertiary alicyclic amines) is 1. The number of benzene rings is 1. The molecule has 1 heterocycles. The Kier molecular flexibility index (Phi) is 5.83. The van der Waals surface area contributed by atoms with E-state index in [0.717, 1.165) is 11.1 Å². The van der Waals surface area contributed by atoms with Gasteiger partial charge >= 0.3 is 6.09 Å². The Balaban J connectivity index is 2.26. The fraction of sp³-hybridized carbons (Fsp3) is 0.526. The summed E-state index contributed by atoms with van der Waals surface area (Å²) in [6, 6.07) is 7.82. The molecule has 0 radical (unpaired) electrons. The van der Waals surface area contributed by atoms with E-state index in [9.17, 15) is 14.5 Å². The summed E-state index contributed by atoms with van der Waals surface area (Å²) in [5, 5.41) is 9.20. The standard InChI is InChI=1S/C19H28N2O3SSi/c1-18(2,3)25(24)20-19(13-21(14-19)17(22)23)16-9-7-15(8-10-16)11-12-26(4,5)6/h7-10,20H,13-14H2,1-6H3,(H,22,23). The SMILES string of the molecule is CC(C)(C)[S+]([O-])NC1(c2ccc(C#C[Si](C)(C)C)cc2)CN(C(=O)O)C1. The highest BCUT2D eigenvalue weighted by molar-refractivity contribution is 7.90. The topological polar surface area (TPSA) is 75.6 Å². The van der Waals surface area contributed by atoms with Crippen LogP contribution in [0, 0.1) is 11.5 Å². The lowest BCUT2D eigenvalue weighted by molar-refractivity contribution is 0.0532. The maximum absolute atomic E-state index is 12.6. The summed E-state index contributed by atoms with van der Waals surface area (Å²) in [6.07, 6.45) is -0.957. The predicted octanol–water partition coefficient (Wildman–Crippen LogP) is 3.16. The van der Waals surface area contributed by atoms with Crippen molar-refractivity contribution >= 4 is 25.5 Å². The zero-order valence-electron chi connectivity index (χ0n) is 16.3. The highest BCUT2D eigenvalue weighted by atomic mass is 32.2. The second kappa shape index (κ2) is 7.28. The summed E-state index contributed by atoms with van der Waals surface area (Å²) in [6.45, 7) is 12.8. The fourth-order valence-electron chi connectivity index (χ4n) is 2.51. The van der Waals surface area contributed by atoms with Gasteiger partial charge in [-0.25, -0.2) is 4.79 Å². The Morgan fingerprint density at radius 1 is 1.27 bits per heavy atom. The van der Waals surface area contributed by atoms with Crippen molar-refractivity contribution in [3.63, 3.8) is 0 Å². The van der Waals surface area contributed by atoms with Crippen LogP contribution in [0.3, 0.4) is 0 Å². The Labute approximate surface area is 160 Å². The highest BCUT2D eigenvalue weighted by Gasteiger charge is 2.51. The molecule has 0 saturated carbocycles. The van der Waals surface area contributed by atoms with Gasteiger partial charge in [0.2, 0.25) is 0 Å². The van der Waals surface area contributed by atoms with Gasteiger partial charge in [-0.05, 0) is 38.5 Å². The van der Waals surface area contributed by atoms with Gasteiger partial charge in [-0.2, -0.15) is 0 Å². The molecule has 1 aliphatic heterocycles. The second-order valence-electron chi connectivity index (χ2n) is 8.78. The summed E-state index contributed by atoms with van der Waals surface area (Å²) < 4.78 is 15.4. The zero-order chi connectivity index (χ0) is 19.8. The Morgan fingerprint density at radius 3 is 2.23 bits per heavy atom. The van der Waals surface area contributed by atoms with Crippen LogP contribution in [0.4, 0.5) is 4.79 Å². The Hall–Kier alpha value is -1.46. The van der Waals surface area contributed by atoms with Crippen molar-refractivity contribution in [1.29, 1.82) is 0 Å². The van der Waals surface area contributed by atoms with E-state index in [1.54, 1.807) is 0 Å². The summed E-state index contributed by atoms with van der Waals surface area (Å²) >= 11 is -1.30. The first kappa shape index (κ1) is 20.8. The van der Waals surface area contributed by atoms with Gasteiger partial charge in [0.25, 0.3) is 0 Å². The van der Waals surface area contributed by atoms with Crippen LogP contribution < -0.4 is 4.72 Å². The molecule has 0 aromatic heterocycles. The lowest BCUT2D eigenvalue weighted by Gasteiger charge is -2.49. The molecule has 0 spiro atoms. The molecule has 26 heavy (non-hydrogen) atoms. The maximum Gasteiger partial charge on any atom is 0.407 e. The highest BCUT2D eigenvalue weighted by Crippen LogP contribution is 2.34. The van der Waals surface area contributed by atoms with Gasteiger partial charge in [-0.15, -0.1) is 10.3 Å².